The second kappa shape index (κ2) is 7.40. The van der Waals surface area contributed by atoms with Crippen LogP contribution in [0.3, 0.4) is 0 Å². The Balaban J connectivity index is 1.51. The van der Waals surface area contributed by atoms with E-state index in [1.165, 1.54) is 11.1 Å². The Morgan fingerprint density at radius 3 is 2.81 bits per heavy atom. The molecule has 1 atom stereocenters. The van der Waals surface area contributed by atoms with Gasteiger partial charge in [-0.25, -0.2) is 28.7 Å². The molecule has 0 unspecified atom stereocenters. The molecule has 0 saturated heterocycles. The number of nitrogens with zero attached hydrogens (tertiary/aromatic N) is 4. The van der Waals surface area contributed by atoms with Crippen molar-refractivity contribution in [1.82, 2.24) is 24.9 Å². The van der Waals surface area contributed by atoms with Gasteiger partial charge in [0.05, 0.1) is 12.4 Å². The first kappa shape index (κ1) is 19.1. The Hall–Kier alpha value is -3.92. The van der Waals surface area contributed by atoms with Crippen molar-refractivity contribution in [2.24, 2.45) is 0 Å². The summed E-state index contributed by atoms with van der Waals surface area (Å²) in [5.74, 6) is -2.32. The molecule has 1 aliphatic heterocycles. The predicted molar refractivity (Wildman–Crippen MR) is 108 cm³/mol. The standard InChI is InChI=1S/C21H16F2N6O2/c22-13-6-14-15(8-25-18(14)24-7-13)19-26-9-16(23)20(27-19)28-29-10-12-4-2-1-3-11(12)5-17(29)21(30)31/h1-4,6-9,17H,5,10H2,(H,24,25)(H,30,31)(H,26,27,28)/t17-/m0/s1. The average molecular weight is 422 g/mol. The van der Waals surface area contributed by atoms with E-state index in [1.54, 1.807) is 6.20 Å². The van der Waals surface area contributed by atoms with Crippen LogP contribution in [0.25, 0.3) is 22.4 Å². The third-order valence-corrected chi connectivity index (χ3v) is 5.27. The number of aromatic amines is 1. The molecule has 4 heterocycles. The number of benzene rings is 1. The van der Waals surface area contributed by atoms with Crippen molar-refractivity contribution in [1.29, 1.82) is 0 Å². The summed E-state index contributed by atoms with van der Waals surface area (Å²) in [4.78, 5) is 26.9. The number of H-pyrrole nitrogens is 1. The normalized spacial score (nSPS) is 16.3. The molecule has 0 radical (unpaired) electrons. The molecule has 10 heteroatoms. The molecular weight excluding hydrogens is 406 g/mol. The van der Waals surface area contributed by atoms with Gasteiger partial charge in [-0.2, -0.15) is 0 Å². The number of aromatic nitrogens is 4. The summed E-state index contributed by atoms with van der Waals surface area (Å²) in [7, 11) is 0. The Morgan fingerprint density at radius 1 is 1.19 bits per heavy atom. The second-order valence-electron chi connectivity index (χ2n) is 7.21. The van der Waals surface area contributed by atoms with Crippen LogP contribution in [-0.4, -0.2) is 42.1 Å². The van der Waals surface area contributed by atoms with Gasteiger partial charge >= 0.3 is 5.97 Å². The van der Waals surface area contributed by atoms with E-state index in [-0.39, 0.29) is 24.6 Å². The van der Waals surface area contributed by atoms with Crippen molar-refractivity contribution in [3.05, 3.63) is 71.7 Å². The molecule has 0 bridgehead atoms. The van der Waals surface area contributed by atoms with Crippen LogP contribution in [0.4, 0.5) is 14.6 Å². The van der Waals surface area contributed by atoms with Crippen molar-refractivity contribution in [2.45, 2.75) is 19.0 Å². The largest absolute Gasteiger partial charge is 0.480 e. The zero-order chi connectivity index (χ0) is 21.5. The number of rotatable bonds is 4. The van der Waals surface area contributed by atoms with Gasteiger partial charge in [0, 0.05) is 30.1 Å². The molecule has 0 aliphatic carbocycles. The number of carboxylic acid groups (broad SMARTS) is 1. The summed E-state index contributed by atoms with van der Waals surface area (Å²) >= 11 is 0. The summed E-state index contributed by atoms with van der Waals surface area (Å²) in [5, 5.41) is 11.6. The SMILES string of the molecule is O=C(O)[C@@H]1Cc2ccccc2CN1Nc1nc(-c2c[nH]c3ncc(F)cc23)ncc1F. The molecule has 3 N–H and O–H groups in total. The lowest BCUT2D eigenvalue weighted by Crippen LogP contribution is -2.48. The lowest BCUT2D eigenvalue weighted by molar-refractivity contribution is -0.143. The smallest absolute Gasteiger partial charge is 0.323 e. The summed E-state index contributed by atoms with van der Waals surface area (Å²) < 4.78 is 28.2. The first-order chi connectivity index (χ1) is 15.0. The van der Waals surface area contributed by atoms with E-state index in [0.717, 1.165) is 23.5 Å². The van der Waals surface area contributed by atoms with Crippen molar-refractivity contribution in [2.75, 3.05) is 5.43 Å². The molecule has 3 aromatic heterocycles. The highest BCUT2D eigenvalue weighted by atomic mass is 19.1. The van der Waals surface area contributed by atoms with Crippen molar-refractivity contribution in [3.8, 4) is 11.4 Å². The highest BCUT2D eigenvalue weighted by Crippen LogP contribution is 2.28. The first-order valence-electron chi connectivity index (χ1n) is 9.48. The maximum atomic E-state index is 14.5. The molecule has 1 aliphatic rings. The molecule has 0 spiro atoms. The minimum Gasteiger partial charge on any atom is -0.480 e. The number of pyridine rings is 1. The Kier molecular flexibility index (Phi) is 4.55. The van der Waals surface area contributed by atoms with Gasteiger partial charge in [-0.3, -0.25) is 10.2 Å². The fraction of sp³-hybridized carbons (Fsp3) is 0.143. The number of nitrogens with one attached hydrogen (secondary N) is 2. The minimum absolute atomic E-state index is 0.145. The number of carboxylic acids is 1. The van der Waals surface area contributed by atoms with Crippen LogP contribution in [0.15, 0.2) is 48.9 Å². The van der Waals surface area contributed by atoms with E-state index in [4.69, 9.17) is 0 Å². The number of hydrogen-bond donors (Lipinski definition) is 3. The topological polar surface area (TPSA) is 107 Å². The Bertz CT molecular complexity index is 1310. The van der Waals surface area contributed by atoms with Crippen molar-refractivity contribution >= 4 is 22.8 Å². The molecule has 0 saturated carbocycles. The highest BCUT2D eigenvalue weighted by Gasteiger charge is 2.32. The summed E-state index contributed by atoms with van der Waals surface area (Å²) in [6.45, 7) is 0.258. The number of hydrazine groups is 1. The molecule has 4 aromatic rings. The van der Waals surface area contributed by atoms with Crippen molar-refractivity contribution in [3.63, 3.8) is 0 Å². The van der Waals surface area contributed by atoms with E-state index in [1.807, 2.05) is 24.3 Å². The van der Waals surface area contributed by atoms with Gasteiger partial charge in [-0.05, 0) is 17.2 Å². The molecule has 0 amide bonds. The van der Waals surface area contributed by atoms with Gasteiger partial charge in [0.2, 0.25) is 0 Å². The lowest BCUT2D eigenvalue weighted by atomic mass is 9.95. The van der Waals surface area contributed by atoms with Crippen LogP contribution in [0.2, 0.25) is 0 Å². The highest BCUT2D eigenvalue weighted by molar-refractivity contribution is 5.91. The van der Waals surface area contributed by atoms with Crippen LogP contribution in [0, 0.1) is 11.6 Å². The molecule has 8 nitrogen and oxygen atoms in total. The average Bonchev–Trinajstić information content (AvgIpc) is 3.17. The van der Waals surface area contributed by atoms with Gasteiger partial charge < -0.3 is 10.1 Å². The van der Waals surface area contributed by atoms with Gasteiger partial charge in [0.1, 0.15) is 17.5 Å². The molecule has 1 aromatic carbocycles. The zero-order valence-corrected chi connectivity index (χ0v) is 16.0. The summed E-state index contributed by atoms with van der Waals surface area (Å²) in [5.41, 5.74) is 5.58. The van der Waals surface area contributed by atoms with Crippen LogP contribution in [0.5, 0.6) is 0 Å². The first-order valence-corrected chi connectivity index (χ1v) is 9.48. The van der Waals surface area contributed by atoms with Crippen LogP contribution in [-0.2, 0) is 17.8 Å². The summed E-state index contributed by atoms with van der Waals surface area (Å²) in [6.07, 6.45) is 3.90. The quantitative estimate of drug-likeness (QED) is 0.464. The Labute approximate surface area is 174 Å². The Morgan fingerprint density at radius 2 is 2.00 bits per heavy atom. The van der Waals surface area contributed by atoms with Gasteiger partial charge in [-0.1, -0.05) is 24.3 Å². The molecule has 5 rings (SSSR count). The van der Waals surface area contributed by atoms with E-state index >= 15 is 0 Å². The van der Waals surface area contributed by atoms with Gasteiger partial charge in [0.15, 0.2) is 17.5 Å². The number of hydrogen-bond acceptors (Lipinski definition) is 6. The number of aliphatic carboxylic acids is 1. The zero-order valence-electron chi connectivity index (χ0n) is 16.0. The third kappa shape index (κ3) is 3.46. The van der Waals surface area contributed by atoms with E-state index in [2.05, 4.69) is 25.4 Å². The number of carbonyl (C=O) groups is 1. The van der Waals surface area contributed by atoms with E-state index in [0.29, 0.717) is 16.6 Å². The van der Waals surface area contributed by atoms with E-state index in [9.17, 15) is 18.7 Å². The lowest BCUT2D eigenvalue weighted by Gasteiger charge is -2.34. The van der Waals surface area contributed by atoms with Crippen LogP contribution < -0.4 is 5.43 Å². The van der Waals surface area contributed by atoms with Gasteiger partial charge in [0.25, 0.3) is 0 Å². The number of anilines is 1. The molecule has 156 valence electrons. The maximum absolute atomic E-state index is 14.5. The second-order valence-corrected chi connectivity index (χ2v) is 7.21. The van der Waals surface area contributed by atoms with E-state index < -0.39 is 23.6 Å². The van der Waals surface area contributed by atoms with Crippen LogP contribution >= 0.6 is 0 Å². The van der Waals surface area contributed by atoms with Gasteiger partial charge in [-0.15, -0.1) is 0 Å². The fourth-order valence-corrected chi connectivity index (χ4v) is 3.74. The number of fused-ring (bicyclic) bond motifs is 2. The predicted octanol–water partition coefficient (Wildman–Crippen LogP) is 3.14. The fourth-order valence-electron chi connectivity index (χ4n) is 3.74. The van der Waals surface area contributed by atoms with Crippen LogP contribution in [0.1, 0.15) is 11.1 Å². The molecule has 31 heavy (non-hydrogen) atoms. The van der Waals surface area contributed by atoms with Crippen molar-refractivity contribution < 1.29 is 18.7 Å². The third-order valence-electron chi connectivity index (χ3n) is 5.27. The summed E-state index contributed by atoms with van der Waals surface area (Å²) in [6, 6.07) is 7.89. The minimum atomic E-state index is -1.03. The molecular formula is C21H16F2N6O2. The monoisotopic (exact) mass is 422 g/mol. The maximum Gasteiger partial charge on any atom is 0.323 e. The molecule has 0 fully saturated rings. The number of halogens is 2.